The van der Waals surface area contributed by atoms with Gasteiger partial charge in [0.15, 0.2) is 0 Å². The van der Waals surface area contributed by atoms with Crippen LogP contribution in [0.4, 0.5) is 0 Å². The maximum absolute atomic E-state index is 2.23. The van der Waals surface area contributed by atoms with Gasteiger partial charge in [-0.3, -0.25) is 0 Å². The Kier molecular flexibility index (Phi) is 11.8. The molecular formula is C18H26Fe-2. The minimum absolute atomic E-state index is 0. The molecule has 19 heavy (non-hydrogen) atoms. The Bertz CT molecular complexity index is 318. The molecule has 0 saturated heterocycles. The Morgan fingerprint density at radius 3 is 1.21 bits per heavy atom. The third-order valence-electron chi connectivity index (χ3n) is 3.10. The van der Waals surface area contributed by atoms with E-state index in [1.807, 2.05) is 0 Å². The molecule has 1 heteroatoms. The number of hydrogen-bond acceptors (Lipinski definition) is 0. The summed E-state index contributed by atoms with van der Waals surface area (Å²) in [5.41, 5.74) is 2.97. The second-order valence-electron chi connectivity index (χ2n) is 4.79. The standard InChI is InChI=1S/2C9H13.Fe/c2*1-2-3-6-9-7-4-5-8-9;/h2*4-5,7-8H,2-3,6H2,1H3;/q2*-1;. The normalized spacial score (nSPS) is 9.37. The van der Waals surface area contributed by atoms with Crippen LogP contribution < -0.4 is 0 Å². The van der Waals surface area contributed by atoms with Gasteiger partial charge in [0, 0.05) is 17.1 Å². The Morgan fingerprint density at radius 2 is 0.947 bits per heavy atom. The molecule has 0 aromatic heterocycles. The van der Waals surface area contributed by atoms with E-state index in [2.05, 4.69) is 62.4 Å². The summed E-state index contributed by atoms with van der Waals surface area (Å²) in [7, 11) is 0. The molecule has 0 spiro atoms. The van der Waals surface area contributed by atoms with Crippen LogP contribution in [0.25, 0.3) is 0 Å². The molecule has 0 aliphatic rings. The molecule has 0 radical (unpaired) electrons. The van der Waals surface area contributed by atoms with Crippen LogP contribution in [0.15, 0.2) is 48.5 Å². The Labute approximate surface area is 129 Å². The third-order valence-corrected chi connectivity index (χ3v) is 3.10. The van der Waals surface area contributed by atoms with Crippen LogP contribution in [0.2, 0.25) is 0 Å². The van der Waals surface area contributed by atoms with E-state index in [9.17, 15) is 0 Å². The van der Waals surface area contributed by atoms with Crippen molar-refractivity contribution in [3.05, 3.63) is 59.7 Å². The number of hydrogen-bond donors (Lipinski definition) is 0. The van der Waals surface area contributed by atoms with E-state index >= 15 is 0 Å². The predicted octanol–water partition coefficient (Wildman–Crippen LogP) is 5.49. The Hall–Kier alpha value is -0.781. The molecule has 0 saturated carbocycles. The average Bonchev–Trinajstić information content (AvgIpc) is 3.07. The summed E-state index contributed by atoms with van der Waals surface area (Å²) in [5, 5.41) is 0. The van der Waals surface area contributed by atoms with Gasteiger partial charge in [0.25, 0.3) is 0 Å². The van der Waals surface area contributed by atoms with Gasteiger partial charge in [-0.25, -0.2) is 24.3 Å². The van der Waals surface area contributed by atoms with Crippen molar-refractivity contribution in [1.82, 2.24) is 0 Å². The van der Waals surface area contributed by atoms with E-state index in [4.69, 9.17) is 0 Å². The molecule has 0 nitrogen and oxygen atoms in total. The molecule has 2 aromatic carbocycles. The first-order chi connectivity index (χ1) is 8.86. The minimum Gasteiger partial charge on any atom is -0.213 e. The fourth-order valence-corrected chi connectivity index (χ4v) is 1.92. The summed E-state index contributed by atoms with van der Waals surface area (Å²) in [5.74, 6) is 0. The molecule has 108 valence electrons. The topological polar surface area (TPSA) is 0 Å². The van der Waals surface area contributed by atoms with Crippen molar-refractivity contribution in [2.24, 2.45) is 0 Å². The SMILES string of the molecule is CCCC[c-]1cccc1.CCCC[c-]1cccc1.[Fe]. The van der Waals surface area contributed by atoms with Crippen molar-refractivity contribution < 1.29 is 17.1 Å². The molecule has 2 rings (SSSR count). The van der Waals surface area contributed by atoms with Crippen molar-refractivity contribution in [1.29, 1.82) is 0 Å². The zero-order valence-corrected chi connectivity index (χ0v) is 13.3. The smallest absolute Gasteiger partial charge is 0 e. The van der Waals surface area contributed by atoms with E-state index in [0.717, 1.165) is 0 Å². The van der Waals surface area contributed by atoms with Gasteiger partial charge in [-0.15, -0.1) is 0 Å². The van der Waals surface area contributed by atoms with Crippen LogP contribution in [0.5, 0.6) is 0 Å². The van der Waals surface area contributed by atoms with Crippen LogP contribution in [0, 0.1) is 0 Å². The van der Waals surface area contributed by atoms with Gasteiger partial charge >= 0.3 is 0 Å². The molecule has 0 atom stereocenters. The second-order valence-corrected chi connectivity index (χ2v) is 4.79. The fraction of sp³-hybridized carbons (Fsp3) is 0.444. The molecule has 0 aliphatic heterocycles. The molecule has 0 bridgehead atoms. The summed E-state index contributed by atoms with van der Waals surface area (Å²) in [6.07, 6.45) is 7.75. The third kappa shape index (κ3) is 8.86. The summed E-state index contributed by atoms with van der Waals surface area (Å²) in [6.45, 7) is 4.45. The molecule has 0 unspecified atom stereocenters. The number of rotatable bonds is 6. The minimum atomic E-state index is 0. The summed E-state index contributed by atoms with van der Waals surface area (Å²) in [4.78, 5) is 0. The second kappa shape index (κ2) is 12.3. The summed E-state index contributed by atoms with van der Waals surface area (Å²) >= 11 is 0. The van der Waals surface area contributed by atoms with Crippen molar-refractivity contribution >= 4 is 0 Å². The van der Waals surface area contributed by atoms with Gasteiger partial charge in [-0.05, 0) is 0 Å². The number of aryl methyl sites for hydroxylation is 2. The van der Waals surface area contributed by atoms with Crippen molar-refractivity contribution in [2.75, 3.05) is 0 Å². The maximum atomic E-state index is 2.23. The first kappa shape index (κ1) is 18.2. The van der Waals surface area contributed by atoms with Crippen LogP contribution in [-0.2, 0) is 29.9 Å². The van der Waals surface area contributed by atoms with Gasteiger partial charge in [0.05, 0.1) is 0 Å². The van der Waals surface area contributed by atoms with E-state index in [0.29, 0.717) is 0 Å². The monoisotopic (exact) mass is 298 g/mol. The van der Waals surface area contributed by atoms with Gasteiger partial charge in [0.1, 0.15) is 0 Å². The van der Waals surface area contributed by atoms with Crippen molar-refractivity contribution in [3.63, 3.8) is 0 Å². The van der Waals surface area contributed by atoms with Gasteiger partial charge in [-0.1, -0.05) is 52.4 Å². The molecule has 0 N–H and O–H groups in total. The van der Waals surface area contributed by atoms with Crippen molar-refractivity contribution in [3.8, 4) is 0 Å². The van der Waals surface area contributed by atoms with E-state index in [1.165, 1.54) is 49.7 Å². The molecule has 0 fully saturated rings. The van der Waals surface area contributed by atoms with Gasteiger partial charge in [0.2, 0.25) is 0 Å². The first-order valence-electron chi connectivity index (χ1n) is 7.28. The zero-order valence-electron chi connectivity index (χ0n) is 12.2. The quantitative estimate of drug-likeness (QED) is 0.488. The Balaban J connectivity index is 0.000000324. The van der Waals surface area contributed by atoms with Crippen LogP contribution in [0.3, 0.4) is 0 Å². The zero-order chi connectivity index (χ0) is 13.1. The van der Waals surface area contributed by atoms with E-state index < -0.39 is 0 Å². The van der Waals surface area contributed by atoms with Gasteiger partial charge < -0.3 is 0 Å². The van der Waals surface area contributed by atoms with E-state index in [-0.39, 0.29) is 17.1 Å². The largest absolute Gasteiger partial charge is 0.213 e. The van der Waals surface area contributed by atoms with Crippen LogP contribution >= 0.6 is 0 Å². The summed E-state index contributed by atoms with van der Waals surface area (Å²) in [6, 6.07) is 17.2. The molecular weight excluding hydrogens is 272 g/mol. The number of unbranched alkanes of at least 4 members (excludes halogenated alkanes) is 2. The summed E-state index contributed by atoms with van der Waals surface area (Å²) < 4.78 is 0. The van der Waals surface area contributed by atoms with Gasteiger partial charge in [-0.2, -0.15) is 35.4 Å². The first-order valence-corrected chi connectivity index (χ1v) is 7.28. The predicted molar refractivity (Wildman–Crippen MR) is 81.3 cm³/mol. The van der Waals surface area contributed by atoms with Crippen LogP contribution in [-0.4, -0.2) is 0 Å². The molecule has 0 heterocycles. The molecule has 0 aliphatic carbocycles. The van der Waals surface area contributed by atoms with Crippen LogP contribution in [0.1, 0.15) is 50.7 Å². The molecule has 0 amide bonds. The fourth-order valence-electron chi connectivity index (χ4n) is 1.92. The van der Waals surface area contributed by atoms with E-state index in [1.54, 1.807) is 0 Å². The average molecular weight is 298 g/mol. The Morgan fingerprint density at radius 1 is 0.632 bits per heavy atom. The maximum Gasteiger partial charge on any atom is 0 e. The molecule has 2 aromatic rings. The van der Waals surface area contributed by atoms with Crippen molar-refractivity contribution in [2.45, 2.75) is 52.4 Å².